The van der Waals surface area contributed by atoms with Crippen molar-refractivity contribution in [1.29, 1.82) is 0 Å². The van der Waals surface area contributed by atoms with Gasteiger partial charge in [-0.05, 0) is 31.9 Å². The van der Waals surface area contributed by atoms with Crippen LogP contribution < -0.4 is 10.1 Å². The van der Waals surface area contributed by atoms with Gasteiger partial charge in [0.2, 0.25) is 11.8 Å². The van der Waals surface area contributed by atoms with Crippen molar-refractivity contribution in [2.45, 2.75) is 45.9 Å². The number of aryl methyl sites for hydroxylation is 1. The minimum absolute atomic E-state index is 0.0715. The number of nitrogens with zero attached hydrogens (tertiary/aromatic N) is 2. The van der Waals surface area contributed by atoms with Gasteiger partial charge in [-0.25, -0.2) is 4.98 Å². The summed E-state index contributed by atoms with van der Waals surface area (Å²) >= 11 is 0. The molecule has 0 aliphatic heterocycles. The number of halogens is 3. The Morgan fingerprint density at radius 1 is 1.21 bits per heavy atom. The largest absolute Gasteiger partial charge is 0.474 e. The molecule has 1 N–H and O–H groups in total. The van der Waals surface area contributed by atoms with Gasteiger partial charge < -0.3 is 10.1 Å². The van der Waals surface area contributed by atoms with E-state index in [1.165, 1.54) is 0 Å². The molecule has 24 heavy (non-hydrogen) atoms. The third-order valence-corrected chi connectivity index (χ3v) is 3.19. The third-order valence-electron chi connectivity index (χ3n) is 3.19. The lowest BCUT2D eigenvalue weighted by Gasteiger charge is -2.16. The van der Waals surface area contributed by atoms with Crippen LogP contribution in [-0.2, 0) is 12.6 Å². The number of benzene rings is 1. The number of aromatic nitrogens is 2. The normalized spacial score (nSPS) is 11.6. The molecule has 0 aliphatic carbocycles. The topological polar surface area (TPSA) is 47.0 Å². The molecule has 1 aromatic heterocycles. The standard InChI is InChI=1S/C17H20F3N3O/c1-4-7-12-8-5-6-9-14(12)22-16-21-10-13(17(18,19)20)15(23-16)24-11(2)3/h5-6,8-11H,4,7H2,1-3H3,(H,21,22,23). The number of rotatable bonds is 6. The fourth-order valence-corrected chi connectivity index (χ4v) is 2.18. The van der Waals surface area contributed by atoms with Gasteiger partial charge in [0.05, 0.1) is 6.10 Å². The molecule has 0 atom stereocenters. The molecule has 130 valence electrons. The number of nitrogens with one attached hydrogen (secondary N) is 1. The fraction of sp³-hybridized carbons (Fsp3) is 0.412. The van der Waals surface area contributed by atoms with E-state index in [2.05, 4.69) is 22.2 Å². The molecular weight excluding hydrogens is 319 g/mol. The first-order valence-corrected chi connectivity index (χ1v) is 7.77. The van der Waals surface area contributed by atoms with Gasteiger partial charge in [-0.2, -0.15) is 18.2 Å². The molecule has 1 aromatic carbocycles. The second-order valence-corrected chi connectivity index (χ2v) is 5.61. The second kappa shape index (κ2) is 7.51. The monoisotopic (exact) mass is 339 g/mol. The lowest BCUT2D eigenvalue weighted by atomic mass is 10.1. The number of ether oxygens (including phenoxy) is 1. The van der Waals surface area contributed by atoms with Crippen LogP contribution in [0.15, 0.2) is 30.5 Å². The molecule has 2 aromatic rings. The quantitative estimate of drug-likeness (QED) is 0.806. The van der Waals surface area contributed by atoms with E-state index in [0.29, 0.717) is 0 Å². The molecule has 0 saturated heterocycles. The maximum atomic E-state index is 13.0. The maximum absolute atomic E-state index is 13.0. The van der Waals surface area contributed by atoms with Crippen LogP contribution in [0.25, 0.3) is 0 Å². The molecule has 0 saturated carbocycles. The molecule has 2 rings (SSSR count). The summed E-state index contributed by atoms with van der Waals surface area (Å²) in [5.74, 6) is -0.398. The van der Waals surface area contributed by atoms with Crippen molar-refractivity contribution >= 4 is 11.6 Å². The van der Waals surface area contributed by atoms with Crippen LogP contribution in [0.5, 0.6) is 5.88 Å². The predicted octanol–water partition coefficient (Wildman–Crippen LogP) is 4.98. The highest BCUT2D eigenvalue weighted by Crippen LogP contribution is 2.35. The van der Waals surface area contributed by atoms with Gasteiger partial charge in [0.1, 0.15) is 5.56 Å². The Labute approximate surface area is 139 Å². The van der Waals surface area contributed by atoms with Gasteiger partial charge in [0.15, 0.2) is 0 Å². The Morgan fingerprint density at radius 3 is 2.54 bits per heavy atom. The highest BCUT2D eigenvalue weighted by Gasteiger charge is 2.36. The van der Waals surface area contributed by atoms with E-state index in [1.54, 1.807) is 13.8 Å². The highest BCUT2D eigenvalue weighted by atomic mass is 19.4. The Hall–Kier alpha value is -2.31. The van der Waals surface area contributed by atoms with Crippen LogP contribution >= 0.6 is 0 Å². The lowest BCUT2D eigenvalue weighted by molar-refractivity contribution is -0.139. The van der Waals surface area contributed by atoms with E-state index in [1.807, 2.05) is 24.3 Å². The molecular formula is C17H20F3N3O. The Balaban J connectivity index is 2.35. The summed E-state index contributed by atoms with van der Waals surface area (Å²) in [5.41, 5.74) is 0.841. The van der Waals surface area contributed by atoms with Crippen molar-refractivity contribution in [2.24, 2.45) is 0 Å². The molecule has 0 bridgehead atoms. The number of anilines is 2. The predicted molar refractivity (Wildman–Crippen MR) is 86.5 cm³/mol. The van der Waals surface area contributed by atoms with E-state index < -0.39 is 23.7 Å². The van der Waals surface area contributed by atoms with Crippen molar-refractivity contribution in [3.05, 3.63) is 41.6 Å². The summed E-state index contributed by atoms with van der Waals surface area (Å²) in [7, 11) is 0. The fourth-order valence-electron chi connectivity index (χ4n) is 2.18. The zero-order valence-electron chi connectivity index (χ0n) is 13.8. The van der Waals surface area contributed by atoms with Crippen molar-refractivity contribution in [3.63, 3.8) is 0 Å². The Kier molecular flexibility index (Phi) is 5.64. The third kappa shape index (κ3) is 4.59. The average Bonchev–Trinajstić information content (AvgIpc) is 2.48. The zero-order chi connectivity index (χ0) is 17.7. The average molecular weight is 339 g/mol. The van der Waals surface area contributed by atoms with E-state index in [4.69, 9.17) is 4.74 Å². The van der Waals surface area contributed by atoms with Crippen LogP contribution in [0.3, 0.4) is 0 Å². The number of hydrogen-bond donors (Lipinski definition) is 1. The molecule has 0 radical (unpaired) electrons. The summed E-state index contributed by atoms with van der Waals surface area (Å²) in [6.45, 7) is 5.35. The summed E-state index contributed by atoms with van der Waals surface area (Å²) < 4.78 is 44.3. The smallest absolute Gasteiger partial charge is 0.423 e. The SMILES string of the molecule is CCCc1ccccc1Nc1ncc(C(F)(F)F)c(OC(C)C)n1. The van der Waals surface area contributed by atoms with E-state index in [0.717, 1.165) is 30.3 Å². The molecule has 0 unspecified atom stereocenters. The summed E-state index contributed by atoms with van der Waals surface area (Å²) in [6, 6.07) is 7.56. The first-order valence-electron chi connectivity index (χ1n) is 7.77. The summed E-state index contributed by atoms with van der Waals surface area (Å²) in [5, 5.41) is 2.98. The van der Waals surface area contributed by atoms with Gasteiger partial charge >= 0.3 is 6.18 Å². The van der Waals surface area contributed by atoms with Crippen LogP contribution in [0, 0.1) is 0 Å². The zero-order valence-corrected chi connectivity index (χ0v) is 13.8. The van der Waals surface area contributed by atoms with E-state index >= 15 is 0 Å². The summed E-state index contributed by atoms with van der Waals surface area (Å²) in [6.07, 6.45) is -2.45. The molecule has 4 nitrogen and oxygen atoms in total. The van der Waals surface area contributed by atoms with Crippen LogP contribution in [0.2, 0.25) is 0 Å². The van der Waals surface area contributed by atoms with Crippen molar-refractivity contribution < 1.29 is 17.9 Å². The van der Waals surface area contributed by atoms with Crippen LogP contribution in [-0.4, -0.2) is 16.1 Å². The molecule has 0 aliphatic rings. The van der Waals surface area contributed by atoms with Crippen LogP contribution in [0.4, 0.5) is 24.8 Å². The first kappa shape index (κ1) is 18.0. The van der Waals surface area contributed by atoms with Crippen LogP contribution in [0.1, 0.15) is 38.3 Å². The molecule has 0 spiro atoms. The minimum atomic E-state index is -4.57. The maximum Gasteiger partial charge on any atom is 0.423 e. The Bertz CT molecular complexity index is 687. The minimum Gasteiger partial charge on any atom is -0.474 e. The number of para-hydroxylation sites is 1. The number of alkyl halides is 3. The highest BCUT2D eigenvalue weighted by molar-refractivity contribution is 5.59. The van der Waals surface area contributed by atoms with Gasteiger partial charge in [-0.1, -0.05) is 31.5 Å². The first-order chi connectivity index (χ1) is 11.3. The second-order valence-electron chi connectivity index (χ2n) is 5.61. The van der Waals surface area contributed by atoms with Gasteiger partial charge in [0, 0.05) is 11.9 Å². The number of hydrogen-bond acceptors (Lipinski definition) is 4. The van der Waals surface area contributed by atoms with E-state index in [9.17, 15) is 13.2 Å². The molecule has 1 heterocycles. The lowest BCUT2D eigenvalue weighted by Crippen LogP contribution is -2.15. The van der Waals surface area contributed by atoms with Gasteiger partial charge in [-0.3, -0.25) is 0 Å². The Morgan fingerprint density at radius 2 is 1.92 bits per heavy atom. The van der Waals surface area contributed by atoms with Crippen molar-refractivity contribution in [2.75, 3.05) is 5.32 Å². The molecule has 0 amide bonds. The van der Waals surface area contributed by atoms with Crippen molar-refractivity contribution in [3.8, 4) is 5.88 Å². The van der Waals surface area contributed by atoms with Gasteiger partial charge in [0.25, 0.3) is 0 Å². The van der Waals surface area contributed by atoms with Gasteiger partial charge in [-0.15, -0.1) is 0 Å². The molecule has 7 heteroatoms. The van der Waals surface area contributed by atoms with E-state index in [-0.39, 0.29) is 5.95 Å². The van der Waals surface area contributed by atoms with Crippen molar-refractivity contribution in [1.82, 2.24) is 9.97 Å². The molecule has 0 fully saturated rings. The summed E-state index contributed by atoms with van der Waals surface area (Å²) in [4.78, 5) is 7.70.